The number of ketones is 1. The molecule has 3 aromatic carbocycles. The molecule has 0 saturated carbocycles. The molecule has 1 N–H and O–H groups in total. The van der Waals surface area contributed by atoms with Gasteiger partial charge in [-0.2, -0.15) is 0 Å². The molecule has 2 heterocycles. The van der Waals surface area contributed by atoms with Crippen molar-refractivity contribution >= 4 is 17.4 Å². The Morgan fingerprint density at radius 2 is 1.74 bits per heavy atom. The van der Waals surface area contributed by atoms with Crippen LogP contribution >= 0.6 is 0 Å². The molecule has 1 saturated heterocycles. The van der Waals surface area contributed by atoms with E-state index in [1.54, 1.807) is 43.5 Å². The van der Waals surface area contributed by atoms with Crippen LogP contribution in [-0.4, -0.2) is 48.6 Å². The molecular formula is C31H31NO7. The first-order valence-corrected chi connectivity index (χ1v) is 13.0. The number of ether oxygens (including phenoxy) is 4. The summed E-state index contributed by atoms with van der Waals surface area (Å²) in [6, 6.07) is 18.9. The van der Waals surface area contributed by atoms with Gasteiger partial charge in [0.25, 0.3) is 11.7 Å². The first-order valence-electron chi connectivity index (χ1n) is 13.0. The second-order valence-corrected chi connectivity index (χ2v) is 9.38. The van der Waals surface area contributed by atoms with Gasteiger partial charge in [-0.3, -0.25) is 9.59 Å². The molecule has 1 fully saturated rings. The van der Waals surface area contributed by atoms with E-state index in [0.717, 1.165) is 18.4 Å². The van der Waals surface area contributed by atoms with Gasteiger partial charge in [0.05, 0.1) is 25.3 Å². The van der Waals surface area contributed by atoms with E-state index in [0.29, 0.717) is 53.9 Å². The minimum absolute atomic E-state index is 0.00527. The number of unbranched alkanes of at least 4 members (excludes halogenated alkanes) is 1. The summed E-state index contributed by atoms with van der Waals surface area (Å²) < 4.78 is 22.7. The van der Waals surface area contributed by atoms with Crippen LogP contribution in [0.25, 0.3) is 5.76 Å². The average molecular weight is 530 g/mol. The summed E-state index contributed by atoms with van der Waals surface area (Å²) in [5.41, 5.74) is 1.82. The van der Waals surface area contributed by atoms with E-state index in [-0.39, 0.29) is 17.9 Å². The van der Waals surface area contributed by atoms with Crippen LogP contribution in [0.4, 0.5) is 0 Å². The largest absolute Gasteiger partial charge is 0.507 e. The number of likely N-dealkylation sites (tertiary alicyclic amines) is 1. The summed E-state index contributed by atoms with van der Waals surface area (Å²) >= 11 is 0. The highest BCUT2D eigenvalue weighted by Crippen LogP contribution is 2.43. The quantitative estimate of drug-likeness (QED) is 0.175. The minimum Gasteiger partial charge on any atom is -0.507 e. The van der Waals surface area contributed by atoms with Gasteiger partial charge >= 0.3 is 0 Å². The fourth-order valence-corrected chi connectivity index (χ4v) is 4.82. The Morgan fingerprint density at radius 1 is 0.974 bits per heavy atom. The summed E-state index contributed by atoms with van der Waals surface area (Å²) in [6.45, 7) is 3.63. The molecule has 39 heavy (non-hydrogen) atoms. The van der Waals surface area contributed by atoms with Crippen LogP contribution in [0.5, 0.6) is 23.0 Å². The van der Waals surface area contributed by atoms with E-state index >= 15 is 0 Å². The molecule has 8 heteroatoms. The maximum Gasteiger partial charge on any atom is 0.295 e. The Balaban J connectivity index is 1.61. The highest BCUT2D eigenvalue weighted by atomic mass is 16.6. The predicted molar refractivity (Wildman–Crippen MR) is 145 cm³/mol. The lowest BCUT2D eigenvalue weighted by atomic mass is 9.94. The SMILES string of the molecule is CCCCOc1ccc(C2C(=C(O)c3ccc4c(c3)OCCO4)C(=O)C(=O)N2Cc2ccccc2)cc1OC. The molecule has 1 unspecified atom stereocenters. The van der Waals surface area contributed by atoms with E-state index in [4.69, 9.17) is 18.9 Å². The van der Waals surface area contributed by atoms with Crippen LogP contribution < -0.4 is 18.9 Å². The van der Waals surface area contributed by atoms with Crippen molar-refractivity contribution in [2.24, 2.45) is 0 Å². The molecule has 202 valence electrons. The Morgan fingerprint density at radius 3 is 2.49 bits per heavy atom. The zero-order chi connectivity index (χ0) is 27.4. The summed E-state index contributed by atoms with van der Waals surface area (Å²) in [5.74, 6) is 0.344. The smallest absolute Gasteiger partial charge is 0.295 e. The van der Waals surface area contributed by atoms with E-state index in [1.165, 1.54) is 4.90 Å². The van der Waals surface area contributed by atoms with Gasteiger partial charge in [0.15, 0.2) is 23.0 Å². The van der Waals surface area contributed by atoms with Crippen LogP contribution in [0.3, 0.4) is 0 Å². The molecule has 3 aromatic rings. The van der Waals surface area contributed by atoms with Gasteiger partial charge in [-0.15, -0.1) is 0 Å². The number of amides is 1. The highest BCUT2D eigenvalue weighted by Gasteiger charge is 2.46. The van der Waals surface area contributed by atoms with Crippen molar-refractivity contribution < 1.29 is 33.6 Å². The lowest BCUT2D eigenvalue weighted by molar-refractivity contribution is -0.140. The standard InChI is InChI=1S/C31H31NO7/c1-3-4-14-37-23-12-10-21(17-25(23)36-2)28-27(29(33)22-11-13-24-26(18-22)39-16-15-38-24)30(34)31(35)32(28)19-20-8-6-5-7-9-20/h5-13,17-18,28,33H,3-4,14-16,19H2,1-2H3. The number of Topliss-reactive ketones (excluding diaryl/α,β-unsaturated/α-hetero) is 1. The number of aliphatic hydroxyl groups excluding tert-OH is 1. The van der Waals surface area contributed by atoms with Gasteiger partial charge in [0, 0.05) is 12.1 Å². The number of benzene rings is 3. The van der Waals surface area contributed by atoms with E-state index in [1.807, 2.05) is 30.3 Å². The van der Waals surface area contributed by atoms with Gasteiger partial charge in [0.2, 0.25) is 0 Å². The van der Waals surface area contributed by atoms with Crippen molar-refractivity contribution in [2.75, 3.05) is 26.9 Å². The number of carbonyl (C=O) groups excluding carboxylic acids is 2. The zero-order valence-corrected chi connectivity index (χ0v) is 22.0. The molecule has 5 rings (SSSR count). The number of hydrogen-bond donors (Lipinski definition) is 1. The maximum absolute atomic E-state index is 13.5. The zero-order valence-electron chi connectivity index (χ0n) is 22.0. The minimum atomic E-state index is -0.850. The molecule has 2 aliphatic rings. The number of rotatable bonds is 9. The molecule has 0 bridgehead atoms. The fraction of sp³-hybridized carbons (Fsp3) is 0.290. The maximum atomic E-state index is 13.5. The van der Waals surface area contributed by atoms with Crippen LogP contribution in [0.1, 0.15) is 42.5 Å². The van der Waals surface area contributed by atoms with Gasteiger partial charge < -0.3 is 29.0 Å². The topological polar surface area (TPSA) is 94.5 Å². The highest BCUT2D eigenvalue weighted by molar-refractivity contribution is 6.46. The number of methoxy groups -OCH3 is 1. The van der Waals surface area contributed by atoms with Crippen LogP contribution in [0, 0.1) is 0 Å². The van der Waals surface area contributed by atoms with Crippen LogP contribution in [0.15, 0.2) is 72.3 Å². The first kappa shape index (κ1) is 26.2. The van der Waals surface area contributed by atoms with Crippen molar-refractivity contribution in [2.45, 2.75) is 32.4 Å². The van der Waals surface area contributed by atoms with E-state index in [2.05, 4.69) is 6.92 Å². The van der Waals surface area contributed by atoms with Gasteiger partial charge in [-0.1, -0.05) is 49.7 Å². The first-order chi connectivity index (χ1) is 19.0. The van der Waals surface area contributed by atoms with E-state index < -0.39 is 17.7 Å². The molecule has 0 radical (unpaired) electrons. The van der Waals surface area contributed by atoms with Gasteiger partial charge in [0.1, 0.15) is 19.0 Å². The summed E-state index contributed by atoms with van der Waals surface area (Å²) in [7, 11) is 1.54. The van der Waals surface area contributed by atoms with Crippen molar-refractivity contribution in [1.29, 1.82) is 0 Å². The fourth-order valence-electron chi connectivity index (χ4n) is 4.82. The van der Waals surface area contributed by atoms with Crippen molar-refractivity contribution in [3.05, 3.63) is 89.0 Å². The normalized spacial score (nSPS) is 17.8. The van der Waals surface area contributed by atoms with Gasteiger partial charge in [-0.25, -0.2) is 0 Å². The molecule has 0 aliphatic carbocycles. The Hall–Kier alpha value is -4.46. The Labute approximate surface area is 227 Å². The number of fused-ring (bicyclic) bond motifs is 1. The second kappa shape index (κ2) is 11.5. The third-order valence-corrected chi connectivity index (χ3v) is 6.81. The number of carbonyl (C=O) groups is 2. The van der Waals surface area contributed by atoms with Gasteiger partial charge in [-0.05, 0) is 47.9 Å². The molecule has 0 spiro atoms. The summed E-state index contributed by atoms with van der Waals surface area (Å²) in [6.07, 6.45) is 1.89. The third kappa shape index (κ3) is 5.27. The summed E-state index contributed by atoms with van der Waals surface area (Å²) in [4.78, 5) is 28.3. The van der Waals surface area contributed by atoms with Crippen molar-refractivity contribution in [3.63, 3.8) is 0 Å². The lowest BCUT2D eigenvalue weighted by Gasteiger charge is -2.26. The van der Waals surface area contributed by atoms with E-state index in [9.17, 15) is 14.7 Å². The van der Waals surface area contributed by atoms with Crippen molar-refractivity contribution in [3.8, 4) is 23.0 Å². The monoisotopic (exact) mass is 529 g/mol. The predicted octanol–water partition coefficient (Wildman–Crippen LogP) is 5.27. The molecule has 1 atom stereocenters. The van der Waals surface area contributed by atoms with Crippen LogP contribution in [0.2, 0.25) is 0 Å². The molecular weight excluding hydrogens is 498 g/mol. The molecule has 0 aromatic heterocycles. The van der Waals surface area contributed by atoms with Crippen molar-refractivity contribution in [1.82, 2.24) is 4.90 Å². The Bertz CT molecular complexity index is 1400. The second-order valence-electron chi connectivity index (χ2n) is 9.38. The lowest BCUT2D eigenvalue weighted by Crippen LogP contribution is -2.29. The molecule has 8 nitrogen and oxygen atoms in total. The number of aliphatic hydroxyl groups is 1. The molecule has 1 amide bonds. The van der Waals surface area contributed by atoms with Crippen LogP contribution in [-0.2, 0) is 16.1 Å². The third-order valence-electron chi connectivity index (χ3n) is 6.81. The summed E-state index contributed by atoms with van der Waals surface area (Å²) in [5, 5.41) is 11.5. The number of hydrogen-bond acceptors (Lipinski definition) is 7. The Kier molecular flexibility index (Phi) is 7.72. The molecule has 2 aliphatic heterocycles. The number of nitrogens with zero attached hydrogens (tertiary/aromatic N) is 1. The average Bonchev–Trinajstić information content (AvgIpc) is 3.22.